The number of rotatable bonds is 4. The van der Waals surface area contributed by atoms with E-state index in [4.69, 9.17) is 11.6 Å². The summed E-state index contributed by atoms with van der Waals surface area (Å²) in [5.74, 6) is 0.687. The van der Waals surface area contributed by atoms with Gasteiger partial charge in [-0.2, -0.15) is 5.10 Å². The van der Waals surface area contributed by atoms with E-state index >= 15 is 0 Å². The lowest BCUT2D eigenvalue weighted by molar-refractivity contribution is 0.251. The number of nitrogens with one attached hydrogen (secondary N) is 2. The van der Waals surface area contributed by atoms with Crippen molar-refractivity contribution in [3.8, 4) is 0 Å². The molecule has 0 bridgehead atoms. The molecule has 128 valence electrons. The van der Waals surface area contributed by atoms with Crippen molar-refractivity contribution in [3.05, 3.63) is 35.4 Å². The molecule has 1 aliphatic heterocycles. The predicted molar refractivity (Wildman–Crippen MR) is 94.4 cm³/mol. The molecule has 3 rings (SSSR count). The topological polar surface area (TPSA) is 75.1 Å². The number of hydrogen-bond acceptors (Lipinski definition) is 4. The van der Waals surface area contributed by atoms with Crippen LogP contribution in [-0.2, 0) is 13.6 Å². The van der Waals surface area contributed by atoms with Crippen LogP contribution < -0.4 is 15.5 Å². The Labute approximate surface area is 146 Å². The molecule has 8 heteroatoms. The summed E-state index contributed by atoms with van der Waals surface area (Å²) < 4.78 is 1.62. The first kappa shape index (κ1) is 16.6. The van der Waals surface area contributed by atoms with Gasteiger partial charge < -0.3 is 15.5 Å². The molecule has 2 aromatic rings. The molecule has 0 unspecified atom stereocenters. The first-order valence-corrected chi connectivity index (χ1v) is 8.43. The molecule has 2 N–H and O–H groups in total. The standard InChI is InChI=1S/C16H21ClN6O/c1-22-15(19-11-20-22)10-18-16(24)21-13-9-12(17)5-6-14(13)23-7-3-2-4-8-23/h5-6,9,11H,2-4,7-8,10H2,1H3,(H2,18,21,24). The number of urea groups is 1. The maximum absolute atomic E-state index is 12.2. The van der Waals surface area contributed by atoms with Crippen LogP contribution in [0.3, 0.4) is 0 Å². The fraction of sp³-hybridized carbons (Fsp3) is 0.438. The first-order valence-electron chi connectivity index (χ1n) is 8.06. The molecule has 0 atom stereocenters. The number of piperidine rings is 1. The second-order valence-electron chi connectivity index (χ2n) is 5.82. The highest BCUT2D eigenvalue weighted by molar-refractivity contribution is 6.31. The van der Waals surface area contributed by atoms with E-state index < -0.39 is 0 Å². The van der Waals surface area contributed by atoms with E-state index in [-0.39, 0.29) is 6.03 Å². The molecule has 1 aliphatic rings. The summed E-state index contributed by atoms with van der Waals surface area (Å²) >= 11 is 6.11. The molecule has 2 heterocycles. The Morgan fingerprint density at radius 1 is 1.29 bits per heavy atom. The molecule has 2 amide bonds. The van der Waals surface area contributed by atoms with E-state index in [2.05, 4.69) is 25.6 Å². The fourth-order valence-corrected chi connectivity index (χ4v) is 3.00. The molecule has 1 aromatic carbocycles. The number of amides is 2. The van der Waals surface area contributed by atoms with Gasteiger partial charge in [0.1, 0.15) is 12.2 Å². The van der Waals surface area contributed by atoms with Crippen LogP contribution >= 0.6 is 11.6 Å². The number of nitrogens with zero attached hydrogens (tertiary/aromatic N) is 4. The van der Waals surface area contributed by atoms with E-state index in [0.717, 1.165) is 24.5 Å². The van der Waals surface area contributed by atoms with Crippen LogP contribution in [0.1, 0.15) is 25.1 Å². The van der Waals surface area contributed by atoms with Crippen molar-refractivity contribution in [1.29, 1.82) is 0 Å². The van der Waals surface area contributed by atoms with Crippen LogP contribution in [0.15, 0.2) is 24.5 Å². The summed E-state index contributed by atoms with van der Waals surface area (Å²) in [7, 11) is 1.79. The van der Waals surface area contributed by atoms with Gasteiger partial charge in [0.05, 0.1) is 17.9 Å². The number of aryl methyl sites for hydroxylation is 1. The van der Waals surface area contributed by atoms with Gasteiger partial charge in [-0.25, -0.2) is 9.78 Å². The molecule has 0 radical (unpaired) electrons. The Kier molecular flexibility index (Phi) is 5.20. The minimum atomic E-state index is -0.293. The molecular weight excluding hydrogens is 328 g/mol. The zero-order valence-corrected chi connectivity index (χ0v) is 14.4. The molecule has 1 aromatic heterocycles. The Balaban J connectivity index is 1.67. The van der Waals surface area contributed by atoms with Crippen molar-refractivity contribution >= 4 is 29.0 Å². The number of carbonyl (C=O) groups excluding carboxylic acids is 1. The summed E-state index contributed by atoms with van der Waals surface area (Å²) in [6.07, 6.45) is 5.05. The largest absolute Gasteiger partial charge is 0.370 e. The van der Waals surface area contributed by atoms with Crippen LogP contribution in [0.25, 0.3) is 0 Å². The predicted octanol–water partition coefficient (Wildman–Crippen LogP) is 2.78. The van der Waals surface area contributed by atoms with Crippen molar-refractivity contribution < 1.29 is 4.79 Å². The van der Waals surface area contributed by atoms with Crippen LogP contribution in [0.2, 0.25) is 5.02 Å². The summed E-state index contributed by atoms with van der Waals surface area (Å²) in [4.78, 5) is 18.6. The molecule has 0 saturated carbocycles. The van der Waals surface area contributed by atoms with Crippen LogP contribution in [0, 0.1) is 0 Å². The molecule has 0 spiro atoms. The highest BCUT2D eigenvalue weighted by Gasteiger charge is 2.16. The van der Waals surface area contributed by atoms with Crippen LogP contribution in [-0.4, -0.2) is 33.9 Å². The van der Waals surface area contributed by atoms with Gasteiger partial charge in [-0.3, -0.25) is 4.68 Å². The van der Waals surface area contributed by atoms with E-state index in [1.165, 1.54) is 25.6 Å². The lowest BCUT2D eigenvalue weighted by Gasteiger charge is -2.30. The molecule has 1 saturated heterocycles. The Morgan fingerprint density at radius 3 is 2.79 bits per heavy atom. The highest BCUT2D eigenvalue weighted by Crippen LogP contribution is 2.31. The SMILES string of the molecule is Cn1ncnc1CNC(=O)Nc1cc(Cl)ccc1N1CCCCC1. The van der Waals surface area contributed by atoms with Crippen molar-refractivity contribution in [1.82, 2.24) is 20.1 Å². The lowest BCUT2D eigenvalue weighted by Crippen LogP contribution is -2.32. The molecular formula is C16H21ClN6O. The van der Waals surface area contributed by atoms with Gasteiger partial charge in [-0.15, -0.1) is 0 Å². The van der Waals surface area contributed by atoms with Crippen molar-refractivity contribution in [2.45, 2.75) is 25.8 Å². The van der Waals surface area contributed by atoms with Gasteiger partial charge in [-0.1, -0.05) is 11.6 Å². The van der Waals surface area contributed by atoms with E-state index in [9.17, 15) is 4.79 Å². The molecule has 7 nitrogen and oxygen atoms in total. The van der Waals surface area contributed by atoms with Gasteiger partial charge in [-0.05, 0) is 37.5 Å². The fourth-order valence-electron chi connectivity index (χ4n) is 2.82. The van der Waals surface area contributed by atoms with Crippen molar-refractivity contribution in [2.24, 2.45) is 7.05 Å². The summed E-state index contributed by atoms with van der Waals surface area (Å²) in [6, 6.07) is 5.31. The van der Waals surface area contributed by atoms with Crippen LogP contribution in [0.4, 0.5) is 16.2 Å². The minimum Gasteiger partial charge on any atom is -0.370 e. The Morgan fingerprint density at radius 2 is 2.08 bits per heavy atom. The zero-order chi connectivity index (χ0) is 16.9. The van der Waals surface area contributed by atoms with Crippen LogP contribution in [0.5, 0.6) is 0 Å². The summed E-state index contributed by atoms with van der Waals surface area (Å²) in [6.45, 7) is 2.30. The smallest absolute Gasteiger partial charge is 0.319 e. The van der Waals surface area contributed by atoms with Gasteiger partial charge in [0.25, 0.3) is 0 Å². The molecule has 1 fully saturated rings. The lowest BCUT2D eigenvalue weighted by atomic mass is 10.1. The van der Waals surface area contributed by atoms with Crippen molar-refractivity contribution in [3.63, 3.8) is 0 Å². The van der Waals surface area contributed by atoms with Gasteiger partial charge in [0.2, 0.25) is 0 Å². The number of carbonyl (C=O) groups is 1. The van der Waals surface area contributed by atoms with E-state index in [1.54, 1.807) is 17.8 Å². The van der Waals surface area contributed by atoms with Crippen molar-refractivity contribution in [2.75, 3.05) is 23.3 Å². The summed E-state index contributed by atoms with van der Waals surface area (Å²) in [5.41, 5.74) is 1.73. The Hall–Kier alpha value is -2.28. The maximum Gasteiger partial charge on any atom is 0.319 e. The second-order valence-corrected chi connectivity index (χ2v) is 6.25. The summed E-state index contributed by atoms with van der Waals surface area (Å²) in [5, 5.41) is 10.3. The highest BCUT2D eigenvalue weighted by atomic mass is 35.5. The maximum atomic E-state index is 12.2. The third-order valence-electron chi connectivity index (χ3n) is 4.12. The Bertz CT molecular complexity index is 710. The molecule has 24 heavy (non-hydrogen) atoms. The molecule has 0 aliphatic carbocycles. The number of aromatic nitrogens is 3. The van der Waals surface area contributed by atoms with Gasteiger partial charge in [0.15, 0.2) is 0 Å². The monoisotopic (exact) mass is 348 g/mol. The number of anilines is 2. The number of halogens is 1. The first-order chi connectivity index (χ1) is 11.6. The van der Waals surface area contributed by atoms with Gasteiger partial charge in [0, 0.05) is 25.2 Å². The average molecular weight is 349 g/mol. The van der Waals surface area contributed by atoms with E-state index in [0.29, 0.717) is 17.4 Å². The number of benzene rings is 1. The second kappa shape index (κ2) is 7.53. The quantitative estimate of drug-likeness (QED) is 0.890. The third-order valence-corrected chi connectivity index (χ3v) is 4.35. The number of hydrogen-bond donors (Lipinski definition) is 2. The average Bonchev–Trinajstić information content (AvgIpc) is 2.99. The third kappa shape index (κ3) is 3.97. The minimum absolute atomic E-state index is 0.293. The zero-order valence-electron chi connectivity index (χ0n) is 13.6. The normalized spacial score (nSPS) is 14.5. The van der Waals surface area contributed by atoms with E-state index in [1.807, 2.05) is 12.1 Å². The van der Waals surface area contributed by atoms with Gasteiger partial charge >= 0.3 is 6.03 Å².